The van der Waals surface area contributed by atoms with Crippen molar-refractivity contribution in [3.63, 3.8) is 0 Å². The summed E-state index contributed by atoms with van der Waals surface area (Å²) in [7, 11) is -3.62. The third kappa shape index (κ3) is 3.94. The number of aromatic amines is 1. The maximum Gasteiger partial charge on any atom is 0.243 e. The van der Waals surface area contributed by atoms with E-state index in [1.165, 1.54) is 35.5 Å². The van der Waals surface area contributed by atoms with Gasteiger partial charge in [-0.25, -0.2) is 8.42 Å². The second-order valence-electron chi connectivity index (χ2n) is 7.43. The van der Waals surface area contributed by atoms with Gasteiger partial charge in [-0.15, -0.1) is 0 Å². The quantitative estimate of drug-likeness (QED) is 0.613. The van der Waals surface area contributed by atoms with Crippen LogP contribution in [-0.4, -0.2) is 66.9 Å². The summed E-state index contributed by atoms with van der Waals surface area (Å²) in [6.07, 6.45) is 1.73. The average molecular weight is 426 g/mol. The highest BCUT2D eigenvalue weighted by Crippen LogP contribution is 2.21. The van der Waals surface area contributed by atoms with E-state index in [1.807, 2.05) is 29.2 Å². The second kappa shape index (κ2) is 8.14. The van der Waals surface area contributed by atoms with Crippen LogP contribution in [0.2, 0.25) is 0 Å². The van der Waals surface area contributed by atoms with Crippen LogP contribution >= 0.6 is 0 Å². The zero-order chi connectivity index (χ0) is 21.3. The Bertz CT molecular complexity index is 1190. The minimum Gasteiger partial charge on any atom is -0.360 e. The first-order valence-corrected chi connectivity index (χ1v) is 11.2. The molecule has 1 N–H and O–H groups in total. The lowest BCUT2D eigenvalue weighted by atomic mass is 10.1. The average Bonchev–Trinajstić information content (AvgIpc) is 3.18. The van der Waals surface area contributed by atoms with Crippen LogP contribution in [0.25, 0.3) is 10.9 Å². The Morgan fingerprint density at radius 2 is 1.63 bits per heavy atom. The number of Topliss-reactive ketones (excluding diaryl/α,β-unsaturated/α-hetero) is 2. The standard InChI is InChI=1S/C22H23N3O4S/c1-16(26)17-6-8-18(9-7-17)30(28,29)25-12-10-24(11-13-25)15-22(27)20-14-23-21-5-3-2-4-19(20)21/h2-9,14,23H,10-13,15H2,1H3. The van der Waals surface area contributed by atoms with E-state index in [-0.39, 0.29) is 23.0 Å². The fraction of sp³-hybridized carbons (Fsp3) is 0.273. The van der Waals surface area contributed by atoms with Crippen molar-refractivity contribution in [3.8, 4) is 0 Å². The van der Waals surface area contributed by atoms with Crippen molar-refractivity contribution in [2.45, 2.75) is 11.8 Å². The Kier molecular flexibility index (Phi) is 5.55. The molecule has 0 spiro atoms. The first-order chi connectivity index (χ1) is 14.4. The molecule has 1 saturated heterocycles. The van der Waals surface area contributed by atoms with Gasteiger partial charge in [0.05, 0.1) is 11.4 Å². The van der Waals surface area contributed by atoms with Gasteiger partial charge in [-0.3, -0.25) is 14.5 Å². The third-order valence-corrected chi connectivity index (χ3v) is 7.40. The number of ketones is 2. The Labute approximate surface area is 175 Å². The summed E-state index contributed by atoms with van der Waals surface area (Å²) in [6.45, 7) is 3.30. The Morgan fingerprint density at radius 3 is 2.30 bits per heavy atom. The molecule has 4 rings (SSSR count). The molecule has 0 saturated carbocycles. The van der Waals surface area contributed by atoms with Crippen molar-refractivity contribution < 1.29 is 18.0 Å². The van der Waals surface area contributed by atoms with E-state index in [4.69, 9.17) is 0 Å². The van der Waals surface area contributed by atoms with Gasteiger partial charge in [0.1, 0.15) is 0 Å². The fourth-order valence-electron chi connectivity index (χ4n) is 3.73. The fourth-order valence-corrected chi connectivity index (χ4v) is 5.15. The lowest BCUT2D eigenvalue weighted by molar-refractivity contribution is 0.0902. The van der Waals surface area contributed by atoms with E-state index < -0.39 is 10.0 Å². The predicted molar refractivity (Wildman–Crippen MR) is 114 cm³/mol. The number of para-hydroxylation sites is 1. The molecule has 1 aliphatic rings. The summed E-state index contributed by atoms with van der Waals surface area (Å²) in [5.74, 6) is -0.0870. The van der Waals surface area contributed by atoms with Crippen LogP contribution in [0.3, 0.4) is 0 Å². The van der Waals surface area contributed by atoms with Gasteiger partial charge in [-0.2, -0.15) is 4.31 Å². The van der Waals surface area contributed by atoms with E-state index in [9.17, 15) is 18.0 Å². The molecule has 1 fully saturated rings. The largest absolute Gasteiger partial charge is 0.360 e. The number of rotatable bonds is 6. The summed E-state index contributed by atoms with van der Waals surface area (Å²) in [6, 6.07) is 13.7. The smallest absolute Gasteiger partial charge is 0.243 e. The van der Waals surface area contributed by atoms with Crippen molar-refractivity contribution in [2.24, 2.45) is 0 Å². The normalized spacial score (nSPS) is 16.0. The van der Waals surface area contributed by atoms with E-state index in [0.29, 0.717) is 37.3 Å². The lowest BCUT2D eigenvalue weighted by Crippen LogP contribution is -2.49. The number of hydrogen-bond donors (Lipinski definition) is 1. The number of fused-ring (bicyclic) bond motifs is 1. The molecule has 0 bridgehead atoms. The number of piperazine rings is 1. The number of carbonyl (C=O) groups excluding carboxylic acids is 2. The molecule has 0 unspecified atom stereocenters. The summed E-state index contributed by atoms with van der Waals surface area (Å²) in [5.41, 5.74) is 2.06. The Hall–Kier alpha value is -2.81. The zero-order valence-electron chi connectivity index (χ0n) is 16.7. The number of hydrogen-bond acceptors (Lipinski definition) is 5. The number of nitrogens with zero attached hydrogens (tertiary/aromatic N) is 2. The number of H-pyrrole nitrogens is 1. The van der Waals surface area contributed by atoms with E-state index in [2.05, 4.69) is 4.98 Å². The molecule has 0 amide bonds. The molecule has 1 aromatic heterocycles. The monoisotopic (exact) mass is 425 g/mol. The van der Waals surface area contributed by atoms with Crippen LogP contribution in [-0.2, 0) is 10.0 Å². The number of carbonyl (C=O) groups is 2. The Morgan fingerprint density at radius 1 is 0.967 bits per heavy atom. The highest BCUT2D eigenvalue weighted by atomic mass is 32.2. The van der Waals surface area contributed by atoms with Gasteiger partial charge in [-0.1, -0.05) is 30.3 Å². The van der Waals surface area contributed by atoms with Gasteiger partial charge in [-0.05, 0) is 25.1 Å². The van der Waals surface area contributed by atoms with Crippen LogP contribution in [0, 0.1) is 0 Å². The van der Waals surface area contributed by atoms with E-state index in [1.54, 1.807) is 6.20 Å². The van der Waals surface area contributed by atoms with Gasteiger partial charge in [0.15, 0.2) is 11.6 Å². The van der Waals surface area contributed by atoms with E-state index in [0.717, 1.165) is 10.9 Å². The van der Waals surface area contributed by atoms with Crippen molar-refractivity contribution >= 4 is 32.5 Å². The minimum atomic E-state index is -3.62. The molecular formula is C22H23N3O4S. The third-order valence-electron chi connectivity index (χ3n) is 5.49. The van der Waals surface area contributed by atoms with Gasteiger partial charge in [0.2, 0.25) is 10.0 Å². The highest BCUT2D eigenvalue weighted by molar-refractivity contribution is 7.89. The molecule has 30 heavy (non-hydrogen) atoms. The number of benzene rings is 2. The van der Waals surface area contributed by atoms with Gasteiger partial charge in [0.25, 0.3) is 0 Å². The minimum absolute atomic E-state index is 0.0172. The van der Waals surface area contributed by atoms with Gasteiger partial charge < -0.3 is 4.98 Å². The molecule has 0 aliphatic carbocycles. The molecule has 2 aromatic carbocycles. The predicted octanol–water partition coefficient (Wildman–Crippen LogP) is 2.56. The Balaban J connectivity index is 1.39. The SMILES string of the molecule is CC(=O)c1ccc(S(=O)(=O)N2CCN(CC(=O)c3c[nH]c4ccccc34)CC2)cc1. The van der Waals surface area contributed by atoms with Crippen molar-refractivity contribution in [1.82, 2.24) is 14.2 Å². The molecule has 1 aliphatic heterocycles. The zero-order valence-corrected chi connectivity index (χ0v) is 17.5. The molecule has 3 aromatic rings. The molecule has 8 heteroatoms. The number of aromatic nitrogens is 1. The summed E-state index contributed by atoms with van der Waals surface area (Å²) >= 11 is 0. The molecular weight excluding hydrogens is 402 g/mol. The molecule has 156 valence electrons. The lowest BCUT2D eigenvalue weighted by Gasteiger charge is -2.33. The summed E-state index contributed by atoms with van der Waals surface area (Å²) in [4.78, 5) is 29.4. The summed E-state index contributed by atoms with van der Waals surface area (Å²) in [5, 5.41) is 0.901. The van der Waals surface area contributed by atoms with Crippen LogP contribution < -0.4 is 0 Å². The molecule has 0 radical (unpaired) electrons. The van der Waals surface area contributed by atoms with Crippen LogP contribution in [0.1, 0.15) is 27.6 Å². The topological polar surface area (TPSA) is 90.6 Å². The van der Waals surface area contributed by atoms with Crippen LogP contribution in [0.5, 0.6) is 0 Å². The van der Waals surface area contributed by atoms with Gasteiger partial charge in [0, 0.05) is 54.4 Å². The van der Waals surface area contributed by atoms with Gasteiger partial charge >= 0.3 is 0 Å². The number of sulfonamides is 1. The first-order valence-electron chi connectivity index (χ1n) is 9.79. The van der Waals surface area contributed by atoms with E-state index >= 15 is 0 Å². The van der Waals surface area contributed by atoms with Crippen molar-refractivity contribution in [1.29, 1.82) is 0 Å². The highest BCUT2D eigenvalue weighted by Gasteiger charge is 2.29. The molecule has 0 atom stereocenters. The maximum absolute atomic E-state index is 12.9. The maximum atomic E-state index is 12.9. The molecule has 2 heterocycles. The first kappa shape index (κ1) is 20.5. The number of nitrogens with one attached hydrogen (secondary N) is 1. The van der Waals surface area contributed by atoms with Crippen LogP contribution in [0.4, 0.5) is 0 Å². The summed E-state index contributed by atoms with van der Waals surface area (Å²) < 4.78 is 27.2. The van der Waals surface area contributed by atoms with Crippen molar-refractivity contribution in [2.75, 3.05) is 32.7 Å². The molecule has 7 nitrogen and oxygen atoms in total. The van der Waals surface area contributed by atoms with Crippen LogP contribution in [0.15, 0.2) is 59.6 Å². The second-order valence-corrected chi connectivity index (χ2v) is 9.37. The van der Waals surface area contributed by atoms with Crippen molar-refractivity contribution in [3.05, 3.63) is 65.9 Å².